The molecule has 0 aromatic heterocycles. The van der Waals surface area contributed by atoms with Crippen molar-refractivity contribution in [3.63, 3.8) is 0 Å². The number of aliphatic hydroxyl groups excluding tert-OH is 1. The molecular formula is C11H22N2O2. The molecule has 1 heterocycles. The minimum Gasteiger partial charge on any atom is -0.392 e. The van der Waals surface area contributed by atoms with E-state index < -0.39 is 6.10 Å². The monoisotopic (exact) mass is 214 g/mol. The lowest BCUT2D eigenvalue weighted by Crippen LogP contribution is -2.59. The van der Waals surface area contributed by atoms with Crippen molar-refractivity contribution < 1.29 is 9.90 Å². The molecule has 0 aliphatic carbocycles. The Hall–Kier alpha value is -0.610. The third-order valence-electron chi connectivity index (χ3n) is 2.97. The Labute approximate surface area is 91.8 Å². The maximum atomic E-state index is 11.8. The van der Waals surface area contributed by atoms with Crippen LogP contribution in [-0.4, -0.2) is 45.8 Å². The van der Waals surface area contributed by atoms with Gasteiger partial charge in [0.25, 0.3) is 0 Å². The highest BCUT2D eigenvalue weighted by atomic mass is 16.3. The highest BCUT2D eigenvalue weighted by Gasteiger charge is 2.32. The van der Waals surface area contributed by atoms with Crippen molar-refractivity contribution in [2.24, 2.45) is 0 Å². The first-order valence-corrected chi connectivity index (χ1v) is 5.71. The van der Waals surface area contributed by atoms with E-state index in [-0.39, 0.29) is 18.0 Å². The predicted octanol–water partition coefficient (Wildman–Crippen LogP) is 1.00. The summed E-state index contributed by atoms with van der Waals surface area (Å²) >= 11 is 0. The Kier molecular flexibility index (Phi) is 4.11. The molecule has 88 valence electrons. The number of aliphatic hydroxyl groups is 1. The van der Waals surface area contributed by atoms with Gasteiger partial charge in [0.2, 0.25) is 5.91 Å². The van der Waals surface area contributed by atoms with Crippen molar-refractivity contribution in [1.82, 2.24) is 10.0 Å². The van der Waals surface area contributed by atoms with Gasteiger partial charge in [0, 0.05) is 19.0 Å². The Balaban J connectivity index is 2.79. The zero-order chi connectivity index (χ0) is 11.6. The third kappa shape index (κ3) is 2.69. The zero-order valence-corrected chi connectivity index (χ0v) is 10.1. The number of nitrogens with zero attached hydrogens (tertiary/aromatic N) is 2. The molecule has 1 fully saturated rings. The summed E-state index contributed by atoms with van der Waals surface area (Å²) in [6.45, 7) is 8.59. The number of rotatable bonds is 3. The Bertz CT molecular complexity index is 229. The second-order valence-corrected chi connectivity index (χ2v) is 4.58. The van der Waals surface area contributed by atoms with Crippen molar-refractivity contribution in [2.45, 2.75) is 58.7 Å². The SMILES string of the molecule is CC(O)C(C)N1CCCC(=O)N1C(C)C. The van der Waals surface area contributed by atoms with Gasteiger partial charge in [0.1, 0.15) is 0 Å². The molecule has 1 N–H and O–H groups in total. The van der Waals surface area contributed by atoms with Gasteiger partial charge in [-0.1, -0.05) is 0 Å². The molecule has 2 unspecified atom stereocenters. The van der Waals surface area contributed by atoms with Crippen LogP contribution >= 0.6 is 0 Å². The van der Waals surface area contributed by atoms with Crippen molar-refractivity contribution in [1.29, 1.82) is 0 Å². The smallest absolute Gasteiger partial charge is 0.237 e. The molecule has 15 heavy (non-hydrogen) atoms. The first kappa shape index (κ1) is 12.5. The van der Waals surface area contributed by atoms with Crippen LogP contribution in [0.2, 0.25) is 0 Å². The van der Waals surface area contributed by atoms with Crippen LogP contribution in [0.5, 0.6) is 0 Å². The molecule has 4 heteroatoms. The van der Waals surface area contributed by atoms with E-state index >= 15 is 0 Å². The van der Waals surface area contributed by atoms with Crippen LogP contribution in [0.3, 0.4) is 0 Å². The lowest BCUT2D eigenvalue weighted by Gasteiger charge is -2.45. The first-order chi connectivity index (χ1) is 6.95. The number of hydrazine groups is 1. The van der Waals surface area contributed by atoms with Crippen molar-refractivity contribution in [2.75, 3.05) is 6.54 Å². The minimum atomic E-state index is -0.419. The molecule has 4 nitrogen and oxygen atoms in total. The third-order valence-corrected chi connectivity index (χ3v) is 2.97. The van der Waals surface area contributed by atoms with Gasteiger partial charge in [-0.2, -0.15) is 0 Å². The van der Waals surface area contributed by atoms with Gasteiger partial charge in [-0.3, -0.25) is 9.80 Å². The summed E-state index contributed by atoms with van der Waals surface area (Å²) in [6.07, 6.45) is 1.09. The van der Waals surface area contributed by atoms with E-state index in [1.165, 1.54) is 0 Å². The summed E-state index contributed by atoms with van der Waals surface area (Å²) in [5, 5.41) is 13.4. The molecule has 0 radical (unpaired) electrons. The lowest BCUT2D eigenvalue weighted by molar-refractivity contribution is -0.171. The Morgan fingerprint density at radius 3 is 2.33 bits per heavy atom. The summed E-state index contributed by atoms with van der Waals surface area (Å²) in [6, 6.07) is 0.163. The van der Waals surface area contributed by atoms with Crippen molar-refractivity contribution in [3.05, 3.63) is 0 Å². The van der Waals surface area contributed by atoms with E-state index in [1.54, 1.807) is 11.9 Å². The summed E-state index contributed by atoms with van der Waals surface area (Å²) in [4.78, 5) is 11.8. The molecular weight excluding hydrogens is 192 g/mol. The number of hydrogen-bond acceptors (Lipinski definition) is 3. The largest absolute Gasteiger partial charge is 0.392 e. The lowest BCUT2D eigenvalue weighted by atomic mass is 10.1. The summed E-state index contributed by atoms with van der Waals surface area (Å²) in [5.74, 6) is 0.170. The zero-order valence-electron chi connectivity index (χ0n) is 10.1. The van der Waals surface area contributed by atoms with Gasteiger partial charge in [0.05, 0.1) is 12.1 Å². The number of carbonyl (C=O) groups is 1. The van der Waals surface area contributed by atoms with E-state index in [0.717, 1.165) is 13.0 Å². The molecule has 1 saturated heterocycles. The number of hydrogen-bond donors (Lipinski definition) is 1. The molecule has 0 spiro atoms. The fourth-order valence-electron chi connectivity index (χ4n) is 1.99. The summed E-state index contributed by atoms with van der Waals surface area (Å²) < 4.78 is 0. The molecule has 1 amide bonds. The fourth-order valence-corrected chi connectivity index (χ4v) is 1.99. The topological polar surface area (TPSA) is 43.8 Å². The van der Waals surface area contributed by atoms with Crippen LogP contribution in [0.1, 0.15) is 40.5 Å². The maximum absolute atomic E-state index is 11.8. The normalized spacial score (nSPS) is 23.3. The van der Waals surface area contributed by atoms with Crippen LogP contribution in [0.25, 0.3) is 0 Å². The molecule has 1 rings (SSSR count). The minimum absolute atomic E-state index is 0.00310. The average Bonchev–Trinajstić information content (AvgIpc) is 2.15. The van der Waals surface area contributed by atoms with E-state index in [1.807, 2.05) is 25.8 Å². The molecule has 0 aromatic rings. The Morgan fingerprint density at radius 1 is 1.27 bits per heavy atom. The van der Waals surface area contributed by atoms with Crippen LogP contribution in [0.15, 0.2) is 0 Å². The van der Waals surface area contributed by atoms with E-state index in [9.17, 15) is 9.90 Å². The highest BCUT2D eigenvalue weighted by Crippen LogP contribution is 2.19. The number of carbonyl (C=O) groups excluding carboxylic acids is 1. The van der Waals surface area contributed by atoms with E-state index in [0.29, 0.717) is 6.42 Å². The van der Waals surface area contributed by atoms with Crippen LogP contribution in [0.4, 0.5) is 0 Å². The fraction of sp³-hybridized carbons (Fsp3) is 0.909. The van der Waals surface area contributed by atoms with Gasteiger partial charge in [-0.05, 0) is 34.1 Å². The van der Waals surface area contributed by atoms with E-state index in [2.05, 4.69) is 0 Å². The molecule has 0 aromatic carbocycles. The molecule has 0 bridgehead atoms. The van der Waals surface area contributed by atoms with Crippen LogP contribution < -0.4 is 0 Å². The Morgan fingerprint density at radius 2 is 1.87 bits per heavy atom. The van der Waals surface area contributed by atoms with Gasteiger partial charge >= 0.3 is 0 Å². The highest BCUT2D eigenvalue weighted by molar-refractivity contribution is 5.76. The second kappa shape index (κ2) is 4.94. The quantitative estimate of drug-likeness (QED) is 0.762. The first-order valence-electron chi connectivity index (χ1n) is 5.71. The van der Waals surface area contributed by atoms with E-state index in [4.69, 9.17) is 0 Å². The van der Waals surface area contributed by atoms with Gasteiger partial charge in [-0.25, -0.2) is 5.01 Å². The summed E-state index contributed by atoms with van der Waals surface area (Å²) in [7, 11) is 0. The van der Waals surface area contributed by atoms with Crippen molar-refractivity contribution in [3.8, 4) is 0 Å². The molecule has 0 saturated carbocycles. The van der Waals surface area contributed by atoms with Gasteiger partial charge < -0.3 is 5.11 Å². The van der Waals surface area contributed by atoms with Crippen LogP contribution in [0, 0.1) is 0 Å². The van der Waals surface area contributed by atoms with Gasteiger partial charge in [-0.15, -0.1) is 0 Å². The van der Waals surface area contributed by atoms with Crippen molar-refractivity contribution >= 4 is 5.91 Å². The molecule has 1 aliphatic rings. The average molecular weight is 214 g/mol. The molecule has 2 atom stereocenters. The van der Waals surface area contributed by atoms with Gasteiger partial charge in [0.15, 0.2) is 0 Å². The maximum Gasteiger partial charge on any atom is 0.237 e. The second-order valence-electron chi connectivity index (χ2n) is 4.58. The van der Waals surface area contributed by atoms with Crippen LogP contribution in [-0.2, 0) is 4.79 Å². The molecule has 1 aliphatic heterocycles. The number of amides is 1. The predicted molar refractivity (Wildman–Crippen MR) is 59.1 cm³/mol. The standard InChI is InChI=1S/C11H22N2O2/c1-8(2)13-11(15)6-5-7-12(13)9(3)10(4)14/h8-10,14H,5-7H2,1-4H3. The summed E-state index contributed by atoms with van der Waals surface area (Å²) in [5.41, 5.74) is 0.